The van der Waals surface area contributed by atoms with Crippen LogP contribution in [0, 0.1) is 28.1 Å². The second-order valence-corrected chi connectivity index (χ2v) is 11.2. The maximum Gasteiger partial charge on any atom is 0.303 e. The highest BCUT2D eigenvalue weighted by Gasteiger charge is 2.88. The Morgan fingerprint density at radius 1 is 1.12 bits per heavy atom. The lowest BCUT2D eigenvalue weighted by Crippen LogP contribution is -2.70. The SMILES string of the molecule is C=C1C(=O)[C@@]23CO[C@@H](O)[C@@H]4C(C)(C)C[C@H](OC(C)=O)[C@H](OC(C)=O)[C@@]4(C)[C@]24O[C@@H]4C[C@@H]1C3. The Morgan fingerprint density at radius 2 is 1.78 bits per heavy atom. The number of epoxide rings is 1. The van der Waals surface area contributed by atoms with Gasteiger partial charge in [0, 0.05) is 25.2 Å². The first-order chi connectivity index (χ1) is 14.8. The summed E-state index contributed by atoms with van der Waals surface area (Å²) in [5.74, 6) is -1.62. The van der Waals surface area contributed by atoms with Gasteiger partial charge in [-0.3, -0.25) is 14.4 Å². The van der Waals surface area contributed by atoms with Crippen molar-refractivity contribution in [2.45, 2.75) is 84.1 Å². The number of ether oxygens (including phenoxy) is 4. The van der Waals surface area contributed by atoms with Gasteiger partial charge < -0.3 is 24.1 Å². The molecule has 0 amide bonds. The number of hydrogen-bond donors (Lipinski definition) is 1. The van der Waals surface area contributed by atoms with Crippen LogP contribution in [-0.2, 0) is 33.3 Å². The van der Waals surface area contributed by atoms with Gasteiger partial charge in [0.1, 0.15) is 17.8 Å². The smallest absolute Gasteiger partial charge is 0.303 e. The summed E-state index contributed by atoms with van der Waals surface area (Å²) < 4.78 is 24.1. The fourth-order valence-electron chi connectivity index (χ4n) is 8.25. The number of Topliss-reactive ketones (excluding diaryl/α,β-unsaturated/α-hetero) is 1. The fraction of sp³-hybridized carbons (Fsp3) is 0.792. The molecule has 2 bridgehead atoms. The molecule has 176 valence electrons. The molecule has 5 aliphatic rings. The quantitative estimate of drug-likeness (QED) is 0.387. The Kier molecular flexibility index (Phi) is 4.42. The first-order valence-corrected chi connectivity index (χ1v) is 11.4. The predicted octanol–water partition coefficient (Wildman–Crippen LogP) is 1.92. The van der Waals surface area contributed by atoms with E-state index in [2.05, 4.69) is 6.58 Å². The number of carbonyl (C=O) groups is 3. The normalized spacial score (nSPS) is 50.4. The van der Waals surface area contributed by atoms with E-state index in [0.717, 1.165) is 0 Å². The second-order valence-electron chi connectivity index (χ2n) is 11.2. The summed E-state index contributed by atoms with van der Waals surface area (Å²) >= 11 is 0. The number of aliphatic hydroxyl groups excluding tert-OH is 1. The monoisotopic (exact) mass is 448 g/mol. The highest BCUT2D eigenvalue weighted by atomic mass is 16.6. The molecule has 0 radical (unpaired) electrons. The van der Waals surface area contributed by atoms with E-state index in [-0.39, 0.29) is 24.4 Å². The van der Waals surface area contributed by atoms with Gasteiger partial charge in [0.25, 0.3) is 0 Å². The fourth-order valence-corrected chi connectivity index (χ4v) is 8.25. The van der Waals surface area contributed by atoms with Crippen LogP contribution in [0.3, 0.4) is 0 Å². The zero-order valence-corrected chi connectivity index (χ0v) is 19.3. The minimum atomic E-state index is -1.20. The van der Waals surface area contributed by atoms with E-state index in [0.29, 0.717) is 24.8 Å². The minimum absolute atomic E-state index is 0.0112. The van der Waals surface area contributed by atoms with Crippen molar-refractivity contribution < 1.29 is 38.4 Å². The number of hydrogen-bond acceptors (Lipinski definition) is 8. The van der Waals surface area contributed by atoms with Gasteiger partial charge in [-0.1, -0.05) is 27.4 Å². The Morgan fingerprint density at radius 3 is 2.41 bits per heavy atom. The summed E-state index contributed by atoms with van der Waals surface area (Å²) in [5.41, 5.74) is -3.07. The molecule has 1 N–H and O–H groups in total. The summed E-state index contributed by atoms with van der Waals surface area (Å²) in [7, 11) is 0. The van der Waals surface area contributed by atoms with E-state index in [9.17, 15) is 19.5 Å². The van der Waals surface area contributed by atoms with E-state index in [1.807, 2.05) is 20.8 Å². The third-order valence-electron chi connectivity index (χ3n) is 9.09. The van der Waals surface area contributed by atoms with Gasteiger partial charge in [0.2, 0.25) is 0 Å². The molecule has 5 fully saturated rings. The van der Waals surface area contributed by atoms with Gasteiger partial charge in [-0.2, -0.15) is 0 Å². The van der Waals surface area contributed by atoms with Crippen LogP contribution in [0.5, 0.6) is 0 Å². The number of allylic oxidation sites excluding steroid dienone is 1. The van der Waals surface area contributed by atoms with Gasteiger partial charge in [-0.15, -0.1) is 0 Å². The Balaban J connectivity index is 1.75. The Labute approximate surface area is 187 Å². The Hall–Kier alpha value is -1.77. The van der Waals surface area contributed by atoms with Crippen molar-refractivity contribution in [2.24, 2.45) is 28.1 Å². The summed E-state index contributed by atoms with van der Waals surface area (Å²) in [6.45, 7) is 12.6. The van der Waals surface area contributed by atoms with Gasteiger partial charge in [-0.05, 0) is 36.2 Å². The van der Waals surface area contributed by atoms with Crippen LogP contribution in [0.4, 0.5) is 0 Å². The van der Waals surface area contributed by atoms with E-state index in [1.54, 1.807) is 0 Å². The summed E-state index contributed by atoms with van der Waals surface area (Å²) in [6.07, 6.45) is -1.56. The van der Waals surface area contributed by atoms with Crippen LogP contribution in [0.15, 0.2) is 12.2 Å². The molecule has 0 aromatic rings. The van der Waals surface area contributed by atoms with Gasteiger partial charge in [-0.25, -0.2) is 0 Å². The highest BCUT2D eigenvalue weighted by Crippen LogP contribution is 2.77. The highest BCUT2D eigenvalue weighted by molar-refractivity contribution is 6.04. The van der Waals surface area contributed by atoms with Crippen LogP contribution < -0.4 is 0 Å². The van der Waals surface area contributed by atoms with E-state index in [1.165, 1.54) is 13.8 Å². The lowest BCUT2D eigenvalue weighted by Gasteiger charge is -2.60. The number of carbonyl (C=O) groups excluding carboxylic acids is 3. The lowest BCUT2D eigenvalue weighted by atomic mass is 9.44. The molecule has 8 nitrogen and oxygen atoms in total. The largest absolute Gasteiger partial charge is 0.459 e. The van der Waals surface area contributed by atoms with Crippen molar-refractivity contribution in [3.8, 4) is 0 Å². The molecule has 3 saturated carbocycles. The summed E-state index contributed by atoms with van der Waals surface area (Å²) in [6, 6.07) is 0. The molecule has 3 aliphatic carbocycles. The predicted molar refractivity (Wildman–Crippen MR) is 110 cm³/mol. The average molecular weight is 449 g/mol. The molecule has 0 aromatic heterocycles. The molecular weight excluding hydrogens is 416 g/mol. The van der Waals surface area contributed by atoms with Gasteiger partial charge in [0.05, 0.1) is 18.1 Å². The number of fused-ring (bicyclic) bond motifs is 2. The number of rotatable bonds is 2. The molecule has 2 saturated heterocycles. The lowest BCUT2D eigenvalue weighted by molar-refractivity contribution is -0.259. The number of ketones is 1. The third kappa shape index (κ3) is 2.41. The second kappa shape index (κ2) is 6.42. The minimum Gasteiger partial charge on any atom is -0.459 e. The first-order valence-electron chi connectivity index (χ1n) is 11.4. The zero-order valence-electron chi connectivity index (χ0n) is 19.3. The van der Waals surface area contributed by atoms with Crippen LogP contribution in [0.2, 0.25) is 0 Å². The molecule has 0 aromatic carbocycles. The molecule has 5 rings (SSSR count). The van der Waals surface area contributed by atoms with Crippen LogP contribution in [0.25, 0.3) is 0 Å². The molecule has 32 heavy (non-hydrogen) atoms. The van der Waals surface area contributed by atoms with Crippen molar-refractivity contribution in [3.63, 3.8) is 0 Å². The van der Waals surface area contributed by atoms with Gasteiger partial charge in [0.15, 0.2) is 12.1 Å². The summed E-state index contributed by atoms with van der Waals surface area (Å²) in [5, 5.41) is 11.3. The number of esters is 2. The van der Waals surface area contributed by atoms with Crippen LogP contribution >= 0.6 is 0 Å². The molecule has 8 heteroatoms. The Bertz CT molecular complexity index is 925. The van der Waals surface area contributed by atoms with Crippen molar-refractivity contribution in [3.05, 3.63) is 12.2 Å². The molecule has 0 unspecified atom stereocenters. The standard InChI is InChI=1S/C24H32O8/c1-11-14-7-16-24(32-16)22(6)17(20(28)29-10-23(24,8-14)18(11)27)21(4,5)9-15(30-12(2)25)19(22)31-13(3)26/h14-17,19-20,28H,1,7-10H2,2-6H3/t14-,15+,16-,17-,19+,20-,22+,23-,24+/m1/s1. The van der Waals surface area contributed by atoms with Gasteiger partial charge >= 0.3 is 11.9 Å². The van der Waals surface area contributed by atoms with Crippen molar-refractivity contribution in [1.29, 1.82) is 0 Å². The third-order valence-corrected chi connectivity index (χ3v) is 9.09. The van der Waals surface area contributed by atoms with E-state index in [4.69, 9.17) is 18.9 Å². The molecule has 2 aliphatic heterocycles. The molecule has 9 atom stereocenters. The zero-order chi connectivity index (χ0) is 23.4. The first kappa shape index (κ1) is 22.0. The maximum atomic E-state index is 13.7. The molecular formula is C24H32O8. The molecule has 2 heterocycles. The summed E-state index contributed by atoms with van der Waals surface area (Å²) in [4.78, 5) is 37.9. The van der Waals surface area contributed by atoms with E-state index >= 15 is 0 Å². The topological polar surface area (TPSA) is 112 Å². The van der Waals surface area contributed by atoms with Crippen molar-refractivity contribution >= 4 is 17.7 Å². The van der Waals surface area contributed by atoms with Crippen molar-refractivity contribution in [2.75, 3.05) is 6.61 Å². The molecule has 2 spiro atoms. The van der Waals surface area contributed by atoms with E-state index < -0.39 is 58.2 Å². The number of aliphatic hydroxyl groups is 1. The van der Waals surface area contributed by atoms with Crippen molar-refractivity contribution in [1.82, 2.24) is 0 Å². The average Bonchev–Trinajstić information content (AvgIpc) is 3.39. The van der Waals surface area contributed by atoms with Crippen LogP contribution in [-0.4, -0.2) is 59.6 Å². The van der Waals surface area contributed by atoms with Crippen LogP contribution in [0.1, 0.15) is 53.9 Å². The maximum absolute atomic E-state index is 13.7.